The maximum absolute atomic E-state index is 12.5. The average molecular weight is 1350 g/mol. The molecule has 0 radical (unpaired) electrons. The second kappa shape index (κ2) is 32.2. The van der Waals surface area contributed by atoms with Crippen LogP contribution in [0.3, 0.4) is 0 Å². The van der Waals surface area contributed by atoms with E-state index in [0.29, 0.717) is 40.2 Å². The molecule has 4 aliphatic heterocycles. The summed E-state index contributed by atoms with van der Waals surface area (Å²) in [6.45, 7) is 5.25. The second-order valence-electron chi connectivity index (χ2n) is 25.9. The SMILES string of the molecule is C#CCNC1=C(C(C)=O)C(C)=[NH+][B-](c2ccccc2)(c2ccccc2)O1.CC(=O)C1=C(N)O[B-](c2ccccc2)(c2ccccc2)[NH+]=C1C.CC(=O)C1=C(NC2CCCCC2)O[B-](c2ccccc2)(c2ccccc2)[NH+]=C1C.CC1=[NH+][B-](c2ccccc2)(c2ccccc2)OC(N)=C1C(N)=O. The molecule has 1 fully saturated rings. The predicted octanol–water partition coefficient (Wildman–Crippen LogP) is -0.580. The molecule has 8 aromatic carbocycles. The van der Waals surface area contributed by atoms with Crippen molar-refractivity contribution < 1.29 is 57.4 Å². The maximum Gasteiger partial charge on any atom is 0.507 e. The van der Waals surface area contributed by atoms with Gasteiger partial charge in [0.15, 0.2) is 46.5 Å². The van der Waals surface area contributed by atoms with Gasteiger partial charge < -0.3 is 66.1 Å². The molecule has 512 valence electrons. The van der Waals surface area contributed by atoms with Crippen LogP contribution < -0.4 is 91.2 Å². The van der Waals surface area contributed by atoms with Gasteiger partial charge in [-0.1, -0.05) is 312 Å². The van der Waals surface area contributed by atoms with Crippen LogP contribution in [0.15, 0.2) is 288 Å². The molecule has 0 aromatic heterocycles. The fourth-order valence-corrected chi connectivity index (χ4v) is 14.5. The monoisotopic (exact) mass is 1350 g/mol. The third-order valence-electron chi connectivity index (χ3n) is 19.1. The highest BCUT2D eigenvalue weighted by Gasteiger charge is 2.49. The summed E-state index contributed by atoms with van der Waals surface area (Å²) in [7, 11) is 0. The molecule has 4 heterocycles. The molecule has 101 heavy (non-hydrogen) atoms. The lowest BCUT2D eigenvalue weighted by atomic mass is 9.42. The standard InChI is InChI=1S/C24H29BN2O2.C21H21BN2O2.C18H19BN2O2.C17H18BN3O2/c1-18-23(19(2)28)24(26-22-16-10-5-11-17-22)29-25(27-18,20-12-6-3-7-13-20)21-14-8-4-9-15-21;1-4-15-23-21-20(17(3)25)16(2)24-22(26-21,18-11-7-5-8-12-18)19-13-9-6-10-14-19;1-13-17(14(2)22)18(20)23-19(21-13,15-9-5-3-6-10-15)16-11-7-4-8-12-16;1-12-15(16(19)22)17(20)23-18(21-12,13-8-4-2-5-9-13)14-10-6-3-7-11-14/h3-4,6-9,12-15,22,26-27H,5,10-11,16-17H2,1-2H3;1,5-14,23-24H,15H2,2-3H3;3-12,21H,20H2,1-2H3;2-11,21H,20H2,1H3,(H2,19,22). The molecule has 0 bridgehead atoms. The lowest BCUT2D eigenvalue weighted by Crippen LogP contribution is -3.02. The Morgan fingerprint density at radius 1 is 0.396 bits per heavy atom. The molecule has 1 amide bonds. The molecule has 5 aliphatic rings. The Morgan fingerprint density at radius 3 is 0.901 bits per heavy atom. The summed E-state index contributed by atoms with van der Waals surface area (Å²) in [5.41, 5.74) is 30.1. The Balaban J connectivity index is 0.000000146. The minimum absolute atomic E-state index is 0.0128. The number of benzene rings is 8. The maximum atomic E-state index is 12.5. The number of nitrogens with two attached hydrogens (primary N) is 3. The molecule has 13 rings (SSSR count). The first kappa shape index (κ1) is 71.9. The third kappa shape index (κ3) is 15.7. The zero-order chi connectivity index (χ0) is 71.7. The smallest absolute Gasteiger partial charge is 0.507 e. The lowest BCUT2D eigenvalue weighted by molar-refractivity contribution is -0.325. The number of Topliss-reactive ketones (excluding diaryl/α,β-unsaturated/α-hetero) is 3. The lowest BCUT2D eigenvalue weighted by Gasteiger charge is -2.40. The van der Waals surface area contributed by atoms with Crippen LogP contribution in [-0.2, 0) is 37.8 Å². The second-order valence-corrected chi connectivity index (χ2v) is 25.9. The van der Waals surface area contributed by atoms with Crippen molar-refractivity contribution in [2.75, 3.05) is 6.54 Å². The van der Waals surface area contributed by atoms with Crippen LogP contribution in [0.2, 0.25) is 0 Å². The summed E-state index contributed by atoms with van der Waals surface area (Å²) >= 11 is 0. The first-order chi connectivity index (χ1) is 48.8. The van der Waals surface area contributed by atoms with E-state index in [0.717, 1.165) is 73.7 Å². The molecule has 1 saturated carbocycles. The van der Waals surface area contributed by atoms with Gasteiger partial charge in [-0.3, -0.25) is 19.2 Å². The highest BCUT2D eigenvalue weighted by Crippen LogP contribution is 2.23. The largest absolute Gasteiger partial charge is 0.639 e. The number of nitrogens with one attached hydrogen (secondary N) is 6. The minimum Gasteiger partial charge on any atom is -0.639 e. The van der Waals surface area contributed by atoms with Crippen molar-refractivity contribution in [2.45, 2.75) is 86.6 Å². The summed E-state index contributed by atoms with van der Waals surface area (Å²) in [6.07, 6.45) is 11.3. The Hall–Kier alpha value is -11.9. The van der Waals surface area contributed by atoms with E-state index < -0.39 is 31.8 Å². The van der Waals surface area contributed by atoms with Crippen molar-refractivity contribution in [3.63, 3.8) is 0 Å². The number of allylic oxidation sites excluding steroid dienone is 3. The van der Waals surface area contributed by atoms with Crippen molar-refractivity contribution in [3.8, 4) is 12.3 Å². The number of rotatable bonds is 16. The van der Waals surface area contributed by atoms with E-state index in [1.165, 1.54) is 33.1 Å². The molecular weight excluding hydrogens is 1260 g/mol. The van der Waals surface area contributed by atoms with E-state index in [9.17, 15) is 19.2 Å². The average Bonchev–Trinajstić information content (AvgIpc) is 0.769. The molecule has 0 unspecified atom stereocenters. The molecule has 0 saturated heterocycles. The van der Waals surface area contributed by atoms with Crippen molar-refractivity contribution in [1.82, 2.24) is 10.6 Å². The third-order valence-corrected chi connectivity index (χ3v) is 19.1. The van der Waals surface area contributed by atoms with Crippen LogP contribution >= 0.6 is 0 Å². The molecular formula is C80H87B4N9O8. The number of primary amides is 1. The molecule has 0 spiro atoms. The van der Waals surface area contributed by atoms with Gasteiger partial charge in [0.05, 0.1) is 6.54 Å². The molecule has 8 aromatic rings. The van der Waals surface area contributed by atoms with E-state index >= 15 is 0 Å². The first-order valence-electron chi connectivity index (χ1n) is 34.3. The highest BCUT2D eigenvalue weighted by molar-refractivity contribution is 6.93. The normalized spacial score (nSPS) is 17.0. The van der Waals surface area contributed by atoms with Gasteiger partial charge in [-0.15, -0.1) is 6.42 Å². The zero-order valence-electron chi connectivity index (χ0n) is 58.3. The van der Waals surface area contributed by atoms with Gasteiger partial charge in [-0.25, -0.2) is 0 Å². The highest BCUT2D eigenvalue weighted by atomic mass is 16.5. The minimum atomic E-state index is -1.82. The van der Waals surface area contributed by atoms with Crippen molar-refractivity contribution in [3.05, 3.63) is 288 Å². The first-order valence-corrected chi connectivity index (χ1v) is 34.3. The Morgan fingerprint density at radius 2 is 0.644 bits per heavy atom. The van der Waals surface area contributed by atoms with Gasteiger partial charge >= 0.3 is 25.9 Å². The van der Waals surface area contributed by atoms with Crippen LogP contribution in [0.5, 0.6) is 0 Å². The molecule has 1 aliphatic carbocycles. The number of amides is 1. The predicted molar refractivity (Wildman–Crippen MR) is 407 cm³/mol. The molecule has 17 nitrogen and oxygen atoms in total. The summed E-state index contributed by atoms with van der Waals surface area (Å²) in [4.78, 5) is 62.0. The Bertz CT molecular complexity index is 4330. The van der Waals surface area contributed by atoms with Crippen LogP contribution in [0.1, 0.15) is 80.6 Å². The number of carbonyl (C=O) groups excluding carboxylic acids is 4. The van der Waals surface area contributed by atoms with Gasteiger partial charge in [0.25, 0.3) is 5.91 Å². The summed E-state index contributed by atoms with van der Waals surface area (Å²) in [6, 6.07) is 80.0. The quantitative estimate of drug-likeness (QED) is 0.0435. The number of hydrogen-bond donors (Lipinski definition) is 9. The topological polar surface area (TPSA) is 263 Å². The van der Waals surface area contributed by atoms with Gasteiger partial charge in [-0.2, -0.15) is 0 Å². The molecule has 0 atom stereocenters. The van der Waals surface area contributed by atoms with Crippen LogP contribution in [0.4, 0.5) is 0 Å². The van der Waals surface area contributed by atoms with Gasteiger partial charge in [0.2, 0.25) is 0 Å². The summed E-state index contributed by atoms with van der Waals surface area (Å²) < 4.78 is 25.5. The van der Waals surface area contributed by atoms with E-state index in [2.05, 4.69) is 60.4 Å². The zero-order valence-corrected chi connectivity index (χ0v) is 58.3. The van der Waals surface area contributed by atoms with Gasteiger partial charge in [0, 0.05) is 33.7 Å². The van der Waals surface area contributed by atoms with Crippen molar-refractivity contribution >= 4 is 116 Å². The Kier molecular flexibility index (Phi) is 22.9. The summed E-state index contributed by atoms with van der Waals surface area (Å²) in [5.74, 6) is 2.99. The number of carbonyl (C=O) groups is 4. The fourth-order valence-electron chi connectivity index (χ4n) is 14.5. The van der Waals surface area contributed by atoms with E-state index in [-0.39, 0.29) is 41.2 Å². The van der Waals surface area contributed by atoms with E-state index in [1.54, 1.807) is 13.8 Å². The fraction of sp³-hybridized carbons (Fsp3) is 0.175. The van der Waals surface area contributed by atoms with Crippen molar-refractivity contribution in [2.24, 2.45) is 17.2 Å². The van der Waals surface area contributed by atoms with Crippen LogP contribution in [0.25, 0.3) is 0 Å². The van der Waals surface area contributed by atoms with Crippen LogP contribution in [0, 0.1) is 12.3 Å². The molecule has 12 N–H and O–H groups in total. The van der Waals surface area contributed by atoms with Crippen LogP contribution in [-0.4, -0.2) is 84.6 Å². The molecule has 21 heteroatoms. The van der Waals surface area contributed by atoms with E-state index in [4.69, 9.17) is 42.2 Å². The van der Waals surface area contributed by atoms with Gasteiger partial charge in [0.1, 0.15) is 39.6 Å². The number of terminal acetylenes is 1. The number of ketones is 3. The Labute approximate surface area is 591 Å². The van der Waals surface area contributed by atoms with Crippen molar-refractivity contribution in [1.29, 1.82) is 0 Å². The number of hydrogen-bond acceptors (Lipinski definition) is 12. The van der Waals surface area contributed by atoms with E-state index in [1.807, 2.05) is 239 Å². The van der Waals surface area contributed by atoms with Gasteiger partial charge in [-0.05, 0) is 33.6 Å². The summed E-state index contributed by atoms with van der Waals surface area (Å²) in [5, 5.41) is 6.69.